The standard InChI is InChI=1S/C14H12BrClO2/c15-12-5-6-14(11(7-12)8-17)18-9-10-3-1-2-4-13(10)16/h1-7,17H,8-9H2. The van der Waals surface area contributed by atoms with E-state index in [0.29, 0.717) is 17.4 Å². The Balaban J connectivity index is 2.13. The minimum absolute atomic E-state index is 0.0582. The lowest BCUT2D eigenvalue weighted by molar-refractivity contribution is 0.259. The number of halogens is 2. The van der Waals surface area contributed by atoms with Gasteiger partial charge < -0.3 is 9.84 Å². The molecule has 2 rings (SSSR count). The van der Waals surface area contributed by atoms with Gasteiger partial charge in [0.05, 0.1) is 6.61 Å². The number of hydrogen-bond donors (Lipinski definition) is 1. The van der Waals surface area contributed by atoms with E-state index in [9.17, 15) is 5.11 Å². The zero-order chi connectivity index (χ0) is 13.0. The summed E-state index contributed by atoms with van der Waals surface area (Å²) in [6.45, 7) is 0.325. The molecule has 2 aromatic rings. The fourth-order valence-electron chi connectivity index (χ4n) is 1.58. The van der Waals surface area contributed by atoms with Gasteiger partial charge in [-0.05, 0) is 24.3 Å². The summed E-state index contributed by atoms with van der Waals surface area (Å²) < 4.78 is 6.60. The molecule has 94 valence electrons. The van der Waals surface area contributed by atoms with Crippen LogP contribution in [0.2, 0.25) is 5.02 Å². The topological polar surface area (TPSA) is 29.5 Å². The van der Waals surface area contributed by atoms with Gasteiger partial charge in [-0.3, -0.25) is 0 Å². The first kappa shape index (κ1) is 13.4. The molecule has 0 saturated carbocycles. The number of benzene rings is 2. The minimum Gasteiger partial charge on any atom is -0.488 e. The predicted octanol–water partition coefficient (Wildman–Crippen LogP) is 4.17. The zero-order valence-electron chi connectivity index (χ0n) is 9.57. The van der Waals surface area contributed by atoms with E-state index in [1.165, 1.54) is 0 Å². The summed E-state index contributed by atoms with van der Waals surface area (Å²) in [7, 11) is 0. The summed E-state index contributed by atoms with van der Waals surface area (Å²) >= 11 is 9.41. The van der Waals surface area contributed by atoms with Gasteiger partial charge in [0.2, 0.25) is 0 Å². The zero-order valence-corrected chi connectivity index (χ0v) is 11.9. The van der Waals surface area contributed by atoms with Crippen LogP contribution in [-0.4, -0.2) is 5.11 Å². The summed E-state index contributed by atoms with van der Waals surface area (Å²) in [4.78, 5) is 0. The lowest BCUT2D eigenvalue weighted by Gasteiger charge is -2.11. The van der Waals surface area contributed by atoms with Crippen molar-refractivity contribution >= 4 is 27.5 Å². The Morgan fingerprint density at radius 1 is 1.11 bits per heavy atom. The van der Waals surface area contributed by atoms with Crippen LogP contribution in [0.25, 0.3) is 0 Å². The van der Waals surface area contributed by atoms with Gasteiger partial charge >= 0.3 is 0 Å². The van der Waals surface area contributed by atoms with Gasteiger partial charge in [-0.2, -0.15) is 0 Å². The van der Waals surface area contributed by atoms with Crippen LogP contribution in [0.4, 0.5) is 0 Å². The molecule has 0 amide bonds. The van der Waals surface area contributed by atoms with Crippen molar-refractivity contribution in [2.24, 2.45) is 0 Å². The van der Waals surface area contributed by atoms with Gasteiger partial charge in [-0.1, -0.05) is 45.7 Å². The molecule has 0 heterocycles. The Labute approximate surface area is 119 Å². The van der Waals surface area contributed by atoms with Crippen LogP contribution in [0.3, 0.4) is 0 Å². The first-order valence-corrected chi connectivity index (χ1v) is 6.63. The molecule has 0 aromatic heterocycles. The smallest absolute Gasteiger partial charge is 0.125 e. The molecule has 2 aromatic carbocycles. The van der Waals surface area contributed by atoms with E-state index in [0.717, 1.165) is 15.6 Å². The number of aliphatic hydroxyl groups is 1. The van der Waals surface area contributed by atoms with Crippen molar-refractivity contribution in [3.63, 3.8) is 0 Å². The summed E-state index contributed by atoms with van der Waals surface area (Å²) in [6, 6.07) is 13.1. The highest BCUT2D eigenvalue weighted by Crippen LogP contribution is 2.25. The van der Waals surface area contributed by atoms with Gasteiger partial charge in [-0.25, -0.2) is 0 Å². The van der Waals surface area contributed by atoms with Crippen molar-refractivity contribution < 1.29 is 9.84 Å². The largest absolute Gasteiger partial charge is 0.488 e. The van der Waals surface area contributed by atoms with Crippen LogP contribution >= 0.6 is 27.5 Å². The molecule has 2 nitrogen and oxygen atoms in total. The van der Waals surface area contributed by atoms with Crippen molar-refractivity contribution in [2.75, 3.05) is 0 Å². The van der Waals surface area contributed by atoms with E-state index < -0.39 is 0 Å². The molecule has 0 unspecified atom stereocenters. The van der Waals surface area contributed by atoms with Gasteiger partial charge in [0.15, 0.2) is 0 Å². The van der Waals surface area contributed by atoms with E-state index in [1.54, 1.807) is 0 Å². The Kier molecular flexibility index (Phi) is 4.64. The maximum Gasteiger partial charge on any atom is 0.125 e. The Bertz CT molecular complexity index is 543. The number of hydrogen-bond acceptors (Lipinski definition) is 2. The van der Waals surface area contributed by atoms with Gasteiger partial charge in [0.25, 0.3) is 0 Å². The van der Waals surface area contributed by atoms with Crippen LogP contribution in [-0.2, 0) is 13.2 Å². The number of ether oxygens (including phenoxy) is 1. The first-order valence-electron chi connectivity index (χ1n) is 5.46. The van der Waals surface area contributed by atoms with Crippen LogP contribution in [0.5, 0.6) is 5.75 Å². The molecule has 0 fully saturated rings. The highest BCUT2D eigenvalue weighted by molar-refractivity contribution is 9.10. The van der Waals surface area contributed by atoms with Crippen LogP contribution in [0.15, 0.2) is 46.9 Å². The van der Waals surface area contributed by atoms with Crippen LogP contribution < -0.4 is 4.74 Å². The Morgan fingerprint density at radius 2 is 1.89 bits per heavy atom. The van der Waals surface area contributed by atoms with Gasteiger partial charge in [0, 0.05) is 20.6 Å². The summed E-state index contributed by atoms with van der Waals surface area (Å²) in [5.41, 5.74) is 1.67. The Hall–Kier alpha value is -1.03. The lowest BCUT2D eigenvalue weighted by Crippen LogP contribution is -1.99. The van der Waals surface area contributed by atoms with Gasteiger partial charge in [0.1, 0.15) is 12.4 Å². The lowest BCUT2D eigenvalue weighted by atomic mass is 10.2. The third kappa shape index (κ3) is 3.25. The van der Waals surface area contributed by atoms with Crippen molar-refractivity contribution in [3.8, 4) is 5.75 Å². The number of rotatable bonds is 4. The molecule has 18 heavy (non-hydrogen) atoms. The molecule has 0 bridgehead atoms. The second-order valence-electron chi connectivity index (χ2n) is 3.79. The van der Waals surface area contributed by atoms with Crippen molar-refractivity contribution in [3.05, 3.63) is 63.1 Å². The molecule has 0 radical (unpaired) electrons. The molecular weight excluding hydrogens is 316 g/mol. The molecule has 0 spiro atoms. The van der Waals surface area contributed by atoms with E-state index in [2.05, 4.69) is 15.9 Å². The molecule has 1 N–H and O–H groups in total. The maximum atomic E-state index is 9.27. The second kappa shape index (κ2) is 6.23. The summed E-state index contributed by atoms with van der Waals surface area (Å²) in [5.74, 6) is 0.667. The molecule has 0 aliphatic rings. The Morgan fingerprint density at radius 3 is 2.61 bits per heavy atom. The average molecular weight is 328 g/mol. The van der Waals surface area contributed by atoms with E-state index in [4.69, 9.17) is 16.3 Å². The average Bonchev–Trinajstić information content (AvgIpc) is 2.39. The van der Waals surface area contributed by atoms with Gasteiger partial charge in [-0.15, -0.1) is 0 Å². The van der Waals surface area contributed by atoms with Crippen molar-refractivity contribution in [2.45, 2.75) is 13.2 Å². The van der Waals surface area contributed by atoms with E-state index in [-0.39, 0.29) is 6.61 Å². The fourth-order valence-corrected chi connectivity index (χ4v) is 2.18. The maximum absolute atomic E-state index is 9.27. The third-order valence-corrected chi connectivity index (χ3v) is 3.40. The summed E-state index contributed by atoms with van der Waals surface area (Å²) in [6.07, 6.45) is 0. The van der Waals surface area contributed by atoms with E-state index >= 15 is 0 Å². The minimum atomic E-state index is -0.0582. The predicted molar refractivity (Wildman–Crippen MR) is 75.8 cm³/mol. The monoisotopic (exact) mass is 326 g/mol. The fraction of sp³-hybridized carbons (Fsp3) is 0.143. The first-order chi connectivity index (χ1) is 8.70. The molecule has 0 atom stereocenters. The SMILES string of the molecule is OCc1cc(Br)ccc1OCc1ccccc1Cl. The third-order valence-electron chi connectivity index (χ3n) is 2.53. The molecule has 0 aliphatic heterocycles. The summed E-state index contributed by atoms with van der Waals surface area (Å²) in [5, 5.41) is 9.95. The molecule has 4 heteroatoms. The molecular formula is C14H12BrClO2. The second-order valence-corrected chi connectivity index (χ2v) is 5.11. The van der Waals surface area contributed by atoms with Crippen LogP contribution in [0, 0.1) is 0 Å². The highest BCUT2D eigenvalue weighted by Gasteiger charge is 2.05. The van der Waals surface area contributed by atoms with Crippen molar-refractivity contribution in [1.82, 2.24) is 0 Å². The normalized spacial score (nSPS) is 10.4. The number of aliphatic hydroxyl groups excluding tert-OH is 1. The van der Waals surface area contributed by atoms with Crippen LogP contribution in [0.1, 0.15) is 11.1 Å². The molecule has 0 aliphatic carbocycles. The quantitative estimate of drug-likeness (QED) is 0.913. The van der Waals surface area contributed by atoms with Crippen molar-refractivity contribution in [1.29, 1.82) is 0 Å². The van der Waals surface area contributed by atoms with E-state index in [1.807, 2.05) is 42.5 Å². The highest BCUT2D eigenvalue weighted by atomic mass is 79.9. The molecule has 0 saturated heterocycles.